The van der Waals surface area contributed by atoms with E-state index < -0.39 is 17.7 Å². The van der Waals surface area contributed by atoms with Crippen LogP contribution in [0.3, 0.4) is 0 Å². The second-order valence-electron chi connectivity index (χ2n) is 8.69. The second kappa shape index (κ2) is 9.23. The average molecular weight is 480 g/mol. The van der Waals surface area contributed by atoms with E-state index in [4.69, 9.17) is 4.74 Å². The number of aliphatic hydroxyl groups excluding tert-OH is 1. The number of aromatic hydroxyl groups is 1. The summed E-state index contributed by atoms with van der Waals surface area (Å²) >= 11 is 0. The van der Waals surface area contributed by atoms with Gasteiger partial charge in [-0.2, -0.15) is 0 Å². The van der Waals surface area contributed by atoms with Crippen LogP contribution in [0.15, 0.2) is 90.5 Å². The average Bonchev–Trinajstić information content (AvgIpc) is 3.15. The molecule has 0 aromatic heterocycles. The molecule has 1 aliphatic heterocycles. The van der Waals surface area contributed by atoms with Crippen LogP contribution in [-0.4, -0.2) is 28.5 Å². The molecular weight excluding hydrogens is 454 g/mol. The van der Waals surface area contributed by atoms with Gasteiger partial charge in [0.1, 0.15) is 5.76 Å². The van der Waals surface area contributed by atoms with E-state index in [0.29, 0.717) is 23.4 Å². The van der Waals surface area contributed by atoms with Crippen molar-refractivity contribution in [2.45, 2.75) is 19.9 Å². The van der Waals surface area contributed by atoms with E-state index in [1.165, 1.54) is 11.0 Å². The van der Waals surface area contributed by atoms with Gasteiger partial charge in [-0.05, 0) is 43.0 Å². The number of rotatable bonds is 5. The number of carbonyl (C=O) groups is 2. The Kier molecular flexibility index (Phi) is 5.94. The number of benzene rings is 4. The molecule has 4 aromatic rings. The molecule has 0 bridgehead atoms. The molecule has 6 nitrogen and oxygen atoms in total. The Morgan fingerprint density at radius 2 is 1.67 bits per heavy atom. The summed E-state index contributed by atoms with van der Waals surface area (Å²) in [6.07, 6.45) is 0. The highest BCUT2D eigenvalue weighted by Gasteiger charge is 2.47. The van der Waals surface area contributed by atoms with Crippen LogP contribution in [-0.2, 0) is 9.59 Å². The first-order valence-electron chi connectivity index (χ1n) is 11.7. The van der Waals surface area contributed by atoms with Crippen molar-refractivity contribution in [1.82, 2.24) is 0 Å². The molecule has 4 aromatic carbocycles. The smallest absolute Gasteiger partial charge is 0.300 e. The van der Waals surface area contributed by atoms with Crippen LogP contribution in [0.1, 0.15) is 29.7 Å². The van der Waals surface area contributed by atoms with Crippen molar-refractivity contribution in [2.24, 2.45) is 0 Å². The van der Waals surface area contributed by atoms with Crippen molar-refractivity contribution in [3.8, 4) is 11.5 Å². The summed E-state index contributed by atoms with van der Waals surface area (Å²) in [6.45, 7) is 4.05. The molecule has 1 heterocycles. The van der Waals surface area contributed by atoms with Crippen molar-refractivity contribution >= 4 is 33.9 Å². The molecule has 0 radical (unpaired) electrons. The van der Waals surface area contributed by atoms with Crippen molar-refractivity contribution < 1.29 is 24.5 Å². The molecular formula is C30H25NO5. The normalized spacial score (nSPS) is 17.1. The summed E-state index contributed by atoms with van der Waals surface area (Å²) in [4.78, 5) is 28.5. The zero-order valence-corrected chi connectivity index (χ0v) is 19.9. The van der Waals surface area contributed by atoms with E-state index in [1.807, 2.05) is 55.5 Å². The molecule has 0 saturated carbocycles. The number of anilines is 1. The highest BCUT2D eigenvalue weighted by molar-refractivity contribution is 6.52. The van der Waals surface area contributed by atoms with Crippen molar-refractivity contribution in [1.29, 1.82) is 0 Å². The lowest BCUT2D eigenvalue weighted by atomic mass is 9.94. The largest absolute Gasteiger partial charge is 0.507 e. The van der Waals surface area contributed by atoms with Gasteiger partial charge < -0.3 is 14.9 Å². The molecule has 6 heteroatoms. The van der Waals surface area contributed by atoms with Gasteiger partial charge in [-0.3, -0.25) is 14.5 Å². The van der Waals surface area contributed by atoms with E-state index >= 15 is 0 Å². The number of amides is 1. The predicted octanol–water partition coefficient (Wildman–Crippen LogP) is 5.88. The summed E-state index contributed by atoms with van der Waals surface area (Å²) in [5, 5.41) is 23.3. The Morgan fingerprint density at radius 1 is 0.944 bits per heavy atom. The first-order chi connectivity index (χ1) is 17.4. The van der Waals surface area contributed by atoms with Crippen LogP contribution in [0.5, 0.6) is 11.5 Å². The van der Waals surface area contributed by atoms with Gasteiger partial charge in [-0.25, -0.2) is 0 Å². The summed E-state index contributed by atoms with van der Waals surface area (Å²) < 4.78 is 5.58. The van der Waals surface area contributed by atoms with Crippen molar-refractivity contribution in [2.75, 3.05) is 11.5 Å². The lowest BCUT2D eigenvalue weighted by Crippen LogP contribution is -2.29. The fourth-order valence-corrected chi connectivity index (χ4v) is 4.65. The van der Waals surface area contributed by atoms with Gasteiger partial charge in [0.15, 0.2) is 11.5 Å². The van der Waals surface area contributed by atoms with Gasteiger partial charge in [-0.1, -0.05) is 72.3 Å². The Bertz CT molecular complexity index is 1520. The number of hydrogen-bond acceptors (Lipinski definition) is 5. The van der Waals surface area contributed by atoms with Gasteiger partial charge in [-0.15, -0.1) is 0 Å². The van der Waals surface area contributed by atoms with Gasteiger partial charge in [0.2, 0.25) is 0 Å². The minimum absolute atomic E-state index is 0.0232. The van der Waals surface area contributed by atoms with E-state index in [2.05, 4.69) is 0 Å². The maximum atomic E-state index is 13.6. The quantitative estimate of drug-likeness (QED) is 0.212. The predicted molar refractivity (Wildman–Crippen MR) is 139 cm³/mol. The van der Waals surface area contributed by atoms with Crippen molar-refractivity contribution in [3.05, 3.63) is 107 Å². The molecule has 1 atom stereocenters. The number of ketones is 1. The topological polar surface area (TPSA) is 87.1 Å². The number of Topliss-reactive ketones (excluding diaryl/α,β-unsaturated/α-hetero) is 1. The van der Waals surface area contributed by atoms with Gasteiger partial charge in [0, 0.05) is 10.9 Å². The first-order valence-corrected chi connectivity index (χ1v) is 11.7. The zero-order valence-electron chi connectivity index (χ0n) is 19.9. The van der Waals surface area contributed by atoms with Gasteiger partial charge >= 0.3 is 0 Å². The zero-order chi connectivity index (χ0) is 25.4. The second-order valence-corrected chi connectivity index (χ2v) is 8.69. The summed E-state index contributed by atoms with van der Waals surface area (Å²) in [5.74, 6) is -1.60. The highest BCUT2D eigenvalue weighted by atomic mass is 16.5. The van der Waals surface area contributed by atoms with E-state index in [0.717, 1.165) is 16.3 Å². The van der Waals surface area contributed by atoms with E-state index in [1.54, 1.807) is 37.3 Å². The van der Waals surface area contributed by atoms with Crippen LogP contribution >= 0.6 is 0 Å². The number of phenolic OH excluding ortho intramolecular Hbond substituents is 1. The highest BCUT2D eigenvalue weighted by Crippen LogP contribution is 2.45. The molecule has 0 spiro atoms. The fraction of sp³-hybridized carbons (Fsp3) is 0.133. The number of fused-ring (bicyclic) bond motifs is 1. The molecule has 180 valence electrons. The Morgan fingerprint density at radius 3 is 2.42 bits per heavy atom. The first kappa shape index (κ1) is 23.2. The third-order valence-electron chi connectivity index (χ3n) is 6.40. The van der Waals surface area contributed by atoms with E-state index in [-0.39, 0.29) is 22.8 Å². The van der Waals surface area contributed by atoms with Crippen molar-refractivity contribution in [3.63, 3.8) is 0 Å². The SMILES string of the molecule is CCOc1cc(C2/C(=C(\O)c3ccc(C)cc3)C(=O)C(=O)N2c2cccc3ccccc23)ccc1O. The number of aryl methyl sites for hydroxylation is 1. The van der Waals surface area contributed by atoms with E-state index in [9.17, 15) is 19.8 Å². The third kappa shape index (κ3) is 3.86. The van der Waals surface area contributed by atoms with Gasteiger partial charge in [0.05, 0.1) is 23.9 Å². The van der Waals surface area contributed by atoms with Gasteiger partial charge in [0.25, 0.3) is 11.7 Å². The summed E-state index contributed by atoms with van der Waals surface area (Å²) in [5.41, 5.74) is 2.49. The molecule has 36 heavy (non-hydrogen) atoms. The molecule has 1 fully saturated rings. The van der Waals surface area contributed by atoms with Crippen LogP contribution < -0.4 is 9.64 Å². The Hall–Kier alpha value is -4.58. The Labute approximate surface area is 208 Å². The molecule has 1 unspecified atom stereocenters. The van der Waals surface area contributed by atoms with Crippen LogP contribution in [0.4, 0.5) is 5.69 Å². The maximum Gasteiger partial charge on any atom is 0.300 e. The molecule has 5 rings (SSSR count). The standard InChI is InChI=1S/C30H25NO5/c1-3-36-25-17-21(15-16-24(25)32)27-26(28(33)20-13-11-18(2)12-14-20)29(34)30(35)31(27)23-10-6-8-19-7-4-5-9-22(19)23/h4-17,27,32-33H,3H2,1-2H3/b28-26+. The van der Waals surface area contributed by atoms with Crippen LogP contribution in [0.2, 0.25) is 0 Å². The lowest BCUT2D eigenvalue weighted by Gasteiger charge is -2.27. The number of hydrogen-bond donors (Lipinski definition) is 2. The van der Waals surface area contributed by atoms with Crippen LogP contribution in [0.25, 0.3) is 16.5 Å². The Balaban J connectivity index is 1.78. The fourth-order valence-electron chi connectivity index (χ4n) is 4.65. The summed E-state index contributed by atoms with van der Waals surface area (Å²) in [7, 11) is 0. The summed E-state index contributed by atoms with van der Waals surface area (Å²) in [6, 6.07) is 24.0. The number of nitrogens with zero attached hydrogens (tertiary/aromatic N) is 1. The monoisotopic (exact) mass is 479 g/mol. The number of aliphatic hydroxyl groups is 1. The molecule has 2 N–H and O–H groups in total. The number of ether oxygens (including phenoxy) is 1. The lowest BCUT2D eigenvalue weighted by molar-refractivity contribution is -0.132. The van der Waals surface area contributed by atoms with Crippen LogP contribution in [0, 0.1) is 6.92 Å². The maximum absolute atomic E-state index is 13.6. The minimum Gasteiger partial charge on any atom is -0.507 e. The minimum atomic E-state index is -0.933. The molecule has 1 saturated heterocycles. The third-order valence-corrected chi connectivity index (χ3v) is 6.40. The molecule has 1 amide bonds. The number of phenols is 1. The molecule has 1 aliphatic rings. The number of carbonyl (C=O) groups excluding carboxylic acids is 2. The molecule has 0 aliphatic carbocycles.